The van der Waals surface area contributed by atoms with Gasteiger partial charge in [-0.2, -0.15) is 0 Å². The van der Waals surface area contributed by atoms with Crippen molar-refractivity contribution < 1.29 is 17.6 Å². The van der Waals surface area contributed by atoms with Crippen LogP contribution in [0.2, 0.25) is 0 Å². The minimum Gasteiger partial charge on any atom is -0.403 e. The summed E-state index contributed by atoms with van der Waals surface area (Å²) in [4.78, 5) is 12.4. The van der Waals surface area contributed by atoms with Gasteiger partial charge < -0.3 is 4.42 Å². The van der Waals surface area contributed by atoms with Crippen molar-refractivity contribution in [3.63, 3.8) is 0 Å². The van der Waals surface area contributed by atoms with Crippen molar-refractivity contribution in [1.82, 2.24) is 14.5 Å². The highest BCUT2D eigenvalue weighted by molar-refractivity contribution is 7.88. The summed E-state index contributed by atoms with van der Waals surface area (Å²) in [5.41, 5.74) is 3.05. The maximum absolute atomic E-state index is 12.4. The van der Waals surface area contributed by atoms with Gasteiger partial charge in [0.25, 0.3) is 0 Å². The van der Waals surface area contributed by atoms with Crippen molar-refractivity contribution in [2.45, 2.75) is 26.7 Å². The number of piperidine rings is 1. The third kappa shape index (κ3) is 4.10. The number of hydrogen-bond donors (Lipinski definition) is 1. The van der Waals surface area contributed by atoms with Crippen LogP contribution in [-0.2, 0) is 14.8 Å². The molecule has 3 rings (SSSR count). The molecule has 140 valence electrons. The molecule has 2 heterocycles. The van der Waals surface area contributed by atoms with Gasteiger partial charge in [-0.05, 0) is 49.9 Å². The molecule has 1 aliphatic heterocycles. The van der Waals surface area contributed by atoms with Crippen molar-refractivity contribution in [2.24, 2.45) is 5.92 Å². The molecule has 1 saturated heterocycles. The van der Waals surface area contributed by atoms with Gasteiger partial charge in [-0.25, -0.2) is 12.7 Å². The van der Waals surface area contributed by atoms with E-state index in [1.165, 1.54) is 4.31 Å². The first-order valence-electron chi connectivity index (χ1n) is 8.41. The molecular formula is C17H22N4O4S. The van der Waals surface area contributed by atoms with Crippen LogP contribution >= 0.6 is 0 Å². The second-order valence-electron chi connectivity index (χ2n) is 6.66. The monoisotopic (exact) mass is 378 g/mol. The van der Waals surface area contributed by atoms with Gasteiger partial charge in [-0.3, -0.25) is 10.1 Å². The Balaban J connectivity index is 1.68. The molecule has 1 aromatic heterocycles. The molecule has 0 bridgehead atoms. The zero-order valence-electron chi connectivity index (χ0n) is 15.0. The number of benzene rings is 1. The lowest BCUT2D eigenvalue weighted by Crippen LogP contribution is -2.43. The van der Waals surface area contributed by atoms with Crippen LogP contribution in [-0.4, -0.2) is 48.2 Å². The number of nitrogens with zero attached hydrogens (tertiary/aromatic N) is 3. The van der Waals surface area contributed by atoms with Crippen molar-refractivity contribution in [3.05, 3.63) is 29.3 Å². The second kappa shape index (κ2) is 7.16. The third-order valence-corrected chi connectivity index (χ3v) is 5.90. The molecule has 26 heavy (non-hydrogen) atoms. The predicted molar refractivity (Wildman–Crippen MR) is 97.0 cm³/mol. The van der Waals surface area contributed by atoms with Crippen molar-refractivity contribution in [2.75, 3.05) is 24.7 Å². The number of hydrogen-bond acceptors (Lipinski definition) is 6. The van der Waals surface area contributed by atoms with Crippen LogP contribution in [0, 0.1) is 19.8 Å². The number of aryl methyl sites for hydroxylation is 2. The van der Waals surface area contributed by atoms with E-state index in [2.05, 4.69) is 15.5 Å². The molecular weight excluding hydrogens is 356 g/mol. The third-order valence-electron chi connectivity index (χ3n) is 4.63. The molecule has 1 atom stereocenters. The summed E-state index contributed by atoms with van der Waals surface area (Å²) in [6.45, 7) is 4.62. The molecule has 1 fully saturated rings. The van der Waals surface area contributed by atoms with E-state index >= 15 is 0 Å². The minimum absolute atomic E-state index is 0.0136. The number of nitrogens with one attached hydrogen (secondary N) is 1. The molecule has 0 spiro atoms. The Kier molecular flexibility index (Phi) is 5.10. The minimum atomic E-state index is -3.30. The van der Waals surface area contributed by atoms with Gasteiger partial charge in [-0.15, -0.1) is 5.10 Å². The van der Waals surface area contributed by atoms with Crippen molar-refractivity contribution in [3.8, 4) is 11.5 Å². The molecule has 8 nitrogen and oxygen atoms in total. The first kappa shape index (κ1) is 18.5. The maximum atomic E-state index is 12.4. The van der Waals surface area contributed by atoms with E-state index in [0.717, 1.165) is 22.9 Å². The number of anilines is 1. The number of rotatable bonds is 4. The molecule has 1 amide bonds. The van der Waals surface area contributed by atoms with Gasteiger partial charge in [-0.1, -0.05) is 11.2 Å². The SMILES string of the molecule is Cc1ccc(-c2nnc(NC(=O)[C@@H]3CCCN(S(C)(=O)=O)C3)o2)cc1C. The average molecular weight is 378 g/mol. The van der Waals surface area contributed by atoms with Gasteiger partial charge in [0.05, 0.1) is 12.2 Å². The molecule has 0 saturated carbocycles. The predicted octanol–water partition coefficient (Wildman–Crippen LogP) is 1.96. The van der Waals surface area contributed by atoms with Gasteiger partial charge in [0.2, 0.25) is 21.8 Å². The van der Waals surface area contributed by atoms with Crippen LogP contribution in [0.15, 0.2) is 22.6 Å². The molecule has 1 aromatic carbocycles. The summed E-state index contributed by atoms with van der Waals surface area (Å²) in [7, 11) is -3.30. The first-order valence-corrected chi connectivity index (χ1v) is 10.3. The Bertz CT molecular complexity index is 923. The summed E-state index contributed by atoms with van der Waals surface area (Å²) < 4.78 is 30.2. The smallest absolute Gasteiger partial charge is 0.322 e. The highest BCUT2D eigenvalue weighted by atomic mass is 32.2. The van der Waals surface area contributed by atoms with E-state index in [4.69, 9.17) is 4.42 Å². The molecule has 0 aliphatic carbocycles. The largest absolute Gasteiger partial charge is 0.403 e. The van der Waals surface area contributed by atoms with Gasteiger partial charge in [0, 0.05) is 18.7 Å². The van der Waals surface area contributed by atoms with E-state index in [1.54, 1.807) is 0 Å². The summed E-state index contributed by atoms with van der Waals surface area (Å²) in [6, 6.07) is 5.81. The zero-order chi connectivity index (χ0) is 18.9. The molecule has 1 aliphatic rings. The van der Waals surface area contributed by atoms with E-state index < -0.39 is 15.9 Å². The first-order chi connectivity index (χ1) is 12.2. The van der Waals surface area contributed by atoms with Crippen LogP contribution in [0.4, 0.5) is 6.01 Å². The maximum Gasteiger partial charge on any atom is 0.322 e. The van der Waals surface area contributed by atoms with Crippen LogP contribution in [0.1, 0.15) is 24.0 Å². The van der Waals surface area contributed by atoms with Crippen molar-refractivity contribution >= 4 is 21.9 Å². The van der Waals surface area contributed by atoms with E-state index in [1.807, 2.05) is 32.0 Å². The fraction of sp³-hybridized carbons (Fsp3) is 0.471. The number of carbonyl (C=O) groups excluding carboxylic acids is 1. The topological polar surface area (TPSA) is 105 Å². The van der Waals surface area contributed by atoms with Crippen LogP contribution in [0.3, 0.4) is 0 Å². The van der Waals surface area contributed by atoms with Gasteiger partial charge in [0.1, 0.15) is 0 Å². The summed E-state index contributed by atoms with van der Waals surface area (Å²) in [5, 5.41) is 10.4. The fourth-order valence-corrected chi connectivity index (χ4v) is 3.84. The molecule has 0 radical (unpaired) electrons. The summed E-state index contributed by atoms with van der Waals surface area (Å²) in [6.07, 6.45) is 2.42. The normalized spacial score (nSPS) is 18.7. The molecule has 1 N–H and O–H groups in total. The van der Waals surface area contributed by atoms with Crippen LogP contribution < -0.4 is 5.32 Å². The number of aromatic nitrogens is 2. The lowest BCUT2D eigenvalue weighted by molar-refractivity contribution is -0.121. The Morgan fingerprint density at radius 2 is 2.04 bits per heavy atom. The zero-order valence-corrected chi connectivity index (χ0v) is 15.8. The van der Waals surface area contributed by atoms with Crippen LogP contribution in [0.25, 0.3) is 11.5 Å². The second-order valence-corrected chi connectivity index (χ2v) is 8.64. The number of amides is 1. The highest BCUT2D eigenvalue weighted by Gasteiger charge is 2.30. The Morgan fingerprint density at radius 3 is 2.73 bits per heavy atom. The molecule has 0 unspecified atom stereocenters. The summed E-state index contributed by atoms with van der Waals surface area (Å²) in [5.74, 6) is -0.422. The lowest BCUT2D eigenvalue weighted by atomic mass is 9.99. The Labute approximate surface area is 152 Å². The highest BCUT2D eigenvalue weighted by Crippen LogP contribution is 2.24. The van der Waals surface area contributed by atoms with Gasteiger partial charge in [0.15, 0.2) is 0 Å². The van der Waals surface area contributed by atoms with E-state index in [9.17, 15) is 13.2 Å². The number of carbonyl (C=O) groups is 1. The number of sulfonamides is 1. The van der Waals surface area contributed by atoms with Gasteiger partial charge >= 0.3 is 6.01 Å². The fourth-order valence-electron chi connectivity index (χ4n) is 2.93. The standard InChI is InChI=1S/C17H22N4O4S/c1-11-6-7-13(9-12(11)2)16-19-20-17(25-16)18-15(22)14-5-4-8-21(10-14)26(3,23)24/h6-7,9,14H,4-5,8,10H2,1-3H3,(H,18,20,22)/t14-/m1/s1. The lowest BCUT2D eigenvalue weighted by Gasteiger charge is -2.29. The van der Waals surface area contributed by atoms with E-state index in [0.29, 0.717) is 25.3 Å². The Morgan fingerprint density at radius 1 is 1.27 bits per heavy atom. The van der Waals surface area contributed by atoms with E-state index in [-0.39, 0.29) is 18.5 Å². The quantitative estimate of drug-likeness (QED) is 0.872. The molecule has 2 aromatic rings. The molecule has 9 heteroatoms. The van der Waals surface area contributed by atoms with Crippen molar-refractivity contribution in [1.29, 1.82) is 0 Å². The average Bonchev–Trinajstić information content (AvgIpc) is 3.05. The Hall–Kier alpha value is -2.26. The summed E-state index contributed by atoms with van der Waals surface area (Å²) >= 11 is 0. The van der Waals surface area contributed by atoms with Crippen LogP contribution in [0.5, 0.6) is 0 Å².